The Morgan fingerprint density at radius 1 is 1.19 bits per heavy atom. The van der Waals surface area contributed by atoms with Crippen molar-refractivity contribution in [1.29, 1.82) is 0 Å². The molecule has 0 aromatic heterocycles. The number of aliphatic hydroxyl groups is 2. The van der Waals surface area contributed by atoms with Gasteiger partial charge >= 0.3 is 0 Å². The average molecular weight is 437 g/mol. The summed E-state index contributed by atoms with van der Waals surface area (Å²) >= 11 is 0. The van der Waals surface area contributed by atoms with Crippen molar-refractivity contribution in [2.75, 3.05) is 31.1 Å². The van der Waals surface area contributed by atoms with Crippen molar-refractivity contribution in [2.45, 2.75) is 57.3 Å². The van der Waals surface area contributed by atoms with Gasteiger partial charge in [-0.2, -0.15) is 0 Å². The topological polar surface area (TPSA) is 73.2 Å². The molecule has 2 aromatic rings. The van der Waals surface area contributed by atoms with Gasteiger partial charge in [-0.05, 0) is 55.5 Å². The van der Waals surface area contributed by atoms with Gasteiger partial charge < -0.3 is 24.7 Å². The summed E-state index contributed by atoms with van der Waals surface area (Å²) in [7, 11) is 0. The first kappa shape index (κ1) is 21.4. The number of ether oxygens (including phenoxy) is 1. The molecule has 0 aliphatic carbocycles. The van der Waals surface area contributed by atoms with E-state index in [1.807, 2.05) is 43.3 Å². The van der Waals surface area contributed by atoms with Crippen molar-refractivity contribution in [1.82, 2.24) is 4.90 Å². The van der Waals surface area contributed by atoms with E-state index in [0.29, 0.717) is 19.5 Å². The largest absolute Gasteiger partial charge is 0.487 e. The molecule has 6 nitrogen and oxygen atoms in total. The highest BCUT2D eigenvalue weighted by atomic mass is 16.5. The monoisotopic (exact) mass is 436 g/mol. The number of benzene rings is 2. The molecule has 32 heavy (non-hydrogen) atoms. The van der Waals surface area contributed by atoms with E-state index in [-0.39, 0.29) is 11.5 Å². The summed E-state index contributed by atoms with van der Waals surface area (Å²) in [6.07, 6.45) is 2.07. The molecule has 2 atom stereocenters. The fraction of sp³-hybridized carbons (Fsp3) is 0.500. The first-order valence-electron chi connectivity index (χ1n) is 11.6. The number of β-amino-alcohol motifs (C(OH)–C–C–N with tert-alkyl or cyclic N) is 1. The molecule has 2 N–H and O–H groups in total. The number of amides is 1. The van der Waals surface area contributed by atoms with Gasteiger partial charge in [0.2, 0.25) is 5.91 Å². The summed E-state index contributed by atoms with van der Waals surface area (Å²) in [6.45, 7) is 6.57. The molecule has 6 heteroatoms. The number of hydrogen-bond donors (Lipinski definition) is 2. The molecule has 5 rings (SSSR count). The molecular weight excluding hydrogens is 404 g/mol. The normalized spacial score (nSPS) is 22.9. The van der Waals surface area contributed by atoms with Crippen LogP contribution in [0.2, 0.25) is 0 Å². The summed E-state index contributed by atoms with van der Waals surface area (Å²) in [5.74, 6) is 0.868. The van der Waals surface area contributed by atoms with Crippen LogP contribution in [0.15, 0.2) is 36.4 Å². The van der Waals surface area contributed by atoms with Gasteiger partial charge in [0.25, 0.3) is 0 Å². The number of likely N-dealkylation sites (tertiary alicyclic amines) is 1. The molecule has 0 radical (unpaired) electrons. The van der Waals surface area contributed by atoms with Crippen LogP contribution in [0, 0.1) is 6.92 Å². The van der Waals surface area contributed by atoms with Crippen LogP contribution in [0.5, 0.6) is 5.75 Å². The Balaban J connectivity index is 1.21. The zero-order chi connectivity index (χ0) is 22.5. The van der Waals surface area contributed by atoms with E-state index in [0.717, 1.165) is 66.0 Å². The molecule has 170 valence electrons. The average Bonchev–Trinajstić information content (AvgIpc) is 3.20. The quantitative estimate of drug-likeness (QED) is 0.773. The molecule has 3 heterocycles. The lowest BCUT2D eigenvalue weighted by Crippen LogP contribution is -2.51. The van der Waals surface area contributed by atoms with Crippen LogP contribution in [0.1, 0.15) is 60.6 Å². The SMILES string of the molecule is CC(=O)N1CCc2cc([C@@H](O)CN3CCC4(CC3)C[C@H](O)c3cc(C)ccc3O4)ccc21. The summed E-state index contributed by atoms with van der Waals surface area (Å²) in [6, 6.07) is 12.0. The van der Waals surface area contributed by atoms with Crippen LogP contribution < -0.4 is 9.64 Å². The molecule has 1 amide bonds. The van der Waals surface area contributed by atoms with Crippen molar-refractivity contribution in [3.63, 3.8) is 0 Å². The molecule has 1 spiro atoms. The Morgan fingerprint density at radius 3 is 2.72 bits per heavy atom. The molecule has 2 aromatic carbocycles. The number of anilines is 1. The van der Waals surface area contributed by atoms with E-state index < -0.39 is 12.2 Å². The summed E-state index contributed by atoms with van der Waals surface area (Å²) < 4.78 is 6.42. The molecule has 0 saturated carbocycles. The van der Waals surface area contributed by atoms with Gasteiger partial charge in [-0.25, -0.2) is 0 Å². The molecule has 1 saturated heterocycles. The van der Waals surface area contributed by atoms with Crippen LogP contribution in [-0.4, -0.2) is 52.8 Å². The van der Waals surface area contributed by atoms with E-state index in [4.69, 9.17) is 4.74 Å². The molecule has 0 bridgehead atoms. The van der Waals surface area contributed by atoms with Crippen LogP contribution in [0.4, 0.5) is 5.69 Å². The van der Waals surface area contributed by atoms with E-state index in [1.165, 1.54) is 0 Å². The number of aryl methyl sites for hydroxylation is 1. The fourth-order valence-electron chi connectivity index (χ4n) is 5.51. The number of piperidine rings is 1. The van der Waals surface area contributed by atoms with Crippen molar-refractivity contribution >= 4 is 11.6 Å². The van der Waals surface area contributed by atoms with Crippen molar-refractivity contribution in [3.8, 4) is 5.75 Å². The summed E-state index contributed by atoms with van der Waals surface area (Å²) in [4.78, 5) is 15.8. The summed E-state index contributed by atoms with van der Waals surface area (Å²) in [5.41, 5.74) is 4.71. The van der Waals surface area contributed by atoms with Crippen LogP contribution in [0.25, 0.3) is 0 Å². The third-order valence-corrected chi connectivity index (χ3v) is 7.38. The number of nitrogens with zero attached hydrogens (tertiary/aromatic N) is 2. The second-order valence-corrected chi connectivity index (χ2v) is 9.67. The highest BCUT2D eigenvalue weighted by molar-refractivity contribution is 5.93. The van der Waals surface area contributed by atoms with E-state index in [2.05, 4.69) is 4.90 Å². The van der Waals surface area contributed by atoms with Gasteiger partial charge in [0.15, 0.2) is 0 Å². The van der Waals surface area contributed by atoms with Crippen LogP contribution >= 0.6 is 0 Å². The number of carbonyl (C=O) groups is 1. The molecular formula is C26H32N2O4. The van der Waals surface area contributed by atoms with Crippen molar-refractivity contribution in [2.24, 2.45) is 0 Å². The number of fused-ring (bicyclic) bond motifs is 2. The minimum absolute atomic E-state index is 0.0621. The Bertz CT molecular complexity index is 1030. The van der Waals surface area contributed by atoms with E-state index >= 15 is 0 Å². The second kappa shape index (κ2) is 8.18. The molecule has 0 unspecified atom stereocenters. The number of rotatable bonds is 3. The number of carbonyl (C=O) groups excluding carboxylic acids is 1. The lowest BCUT2D eigenvalue weighted by molar-refractivity contribution is -0.116. The maximum absolute atomic E-state index is 11.8. The minimum atomic E-state index is -0.567. The predicted molar refractivity (Wildman–Crippen MR) is 123 cm³/mol. The van der Waals surface area contributed by atoms with Gasteiger partial charge in [-0.1, -0.05) is 23.8 Å². The van der Waals surface area contributed by atoms with Crippen molar-refractivity contribution < 1.29 is 19.7 Å². The zero-order valence-corrected chi connectivity index (χ0v) is 18.9. The standard InChI is InChI=1S/C26H32N2O4/c1-17-3-6-25-21(13-17)23(30)15-26(32-25)8-11-27(12-9-26)16-24(31)20-4-5-22-19(14-20)7-10-28(22)18(2)29/h3-6,13-14,23-24,30-31H,7-12,15-16H2,1-2H3/t23-,24-/m0/s1. The maximum Gasteiger partial charge on any atom is 0.223 e. The van der Waals surface area contributed by atoms with Crippen LogP contribution in [-0.2, 0) is 11.2 Å². The highest BCUT2D eigenvalue weighted by Gasteiger charge is 2.43. The molecule has 3 aliphatic heterocycles. The van der Waals surface area contributed by atoms with Crippen LogP contribution in [0.3, 0.4) is 0 Å². The smallest absolute Gasteiger partial charge is 0.223 e. The first-order chi connectivity index (χ1) is 15.3. The maximum atomic E-state index is 11.8. The lowest BCUT2D eigenvalue weighted by atomic mass is 9.81. The first-order valence-corrected chi connectivity index (χ1v) is 11.6. The number of aliphatic hydroxyl groups excluding tert-OH is 2. The zero-order valence-electron chi connectivity index (χ0n) is 18.9. The lowest BCUT2D eigenvalue weighted by Gasteiger charge is -2.46. The Morgan fingerprint density at radius 2 is 1.97 bits per heavy atom. The highest BCUT2D eigenvalue weighted by Crippen LogP contribution is 2.44. The van der Waals surface area contributed by atoms with E-state index in [9.17, 15) is 15.0 Å². The van der Waals surface area contributed by atoms with Gasteiger partial charge in [0.1, 0.15) is 11.4 Å². The fourth-order valence-corrected chi connectivity index (χ4v) is 5.51. The van der Waals surface area contributed by atoms with Gasteiger partial charge in [-0.3, -0.25) is 4.79 Å². The third-order valence-electron chi connectivity index (χ3n) is 7.38. The molecule has 1 fully saturated rings. The molecule has 3 aliphatic rings. The summed E-state index contributed by atoms with van der Waals surface area (Å²) in [5, 5.41) is 21.6. The van der Waals surface area contributed by atoms with E-state index in [1.54, 1.807) is 11.8 Å². The second-order valence-electron chi connectivity index (χ2n) is 9.67. The Kier molecular flexibility index (Phi) is 5.48. The minimum Gasteiger partial charge on any atom is -0.487 e. The van der Waals surface area contributed by atoms with Crippen molar-refractivity contribution in [3.05, 3.63) is 58.7 Å². The predicted octanol–water partition coefficient (Wildman–Crippen LogP) is 3.29. The Hall–Kier alpha value is -2.41. The van der Waals surface area contributed by atoms with Gasteiger partial charge in [0.05, 0.1) is 12.2 Å². The number of hydrogen-bond acceptors (Lipinski definition) is 5. The van der Waals surface area contributed by atoms with Gasteiger partial charge in [0, 0.05) is 50.8 Å². The Labute approximate surface area is 189 Å². The third kappa shape index (κ3) is 3.91. The van der Waals surface area contributed by atoms with Gasteiger partial charge in [-0.15, -0.1) is 0 Å².